The number of amidine groups is 1. The molecule has 1 amide bonds. The fourth-order valence-corrected chi connectivity index (χ4v) is 6.32. The highest BCUT2D eigenvalue weighted by molar-refractivity contribution is 7.91. The van der Waals surface area contributed by atoms with Gasteiger partial charge in [0.2, 0.25) is 0 Å². The van der Waals surface area contributed by atoms with Crippen molar-refractivity contribution in [2.24, 2.45) is 5.73 Å². The van der Waals surface area contributed by atoms with Gasteiger partial charge in [-0.25, -0.2) is 8.42 Å². The zero-order chi connectivity index (χ0) is 30.4. The van der Waals surface area contributed by atoms with Gasteiger partial charge in [0.25, 0.3) is 5.91 Å². The first-order valence-electron chi connectivity index (χ1n) is 13.8. The molecule has 4 N–H and O–H groups in total. The Hall–Kier alpha value is -4.90. The van der Waals surface area contributed by atoms with Crippen molar-refractivity contribution < 1.29 is 27.5 Å². The zero-order valence-corrected chi connectivity index (χ0v) is 24.2. The molecule has 0 aromatic heterocycles. The number of aryl methyl sites for hydroxylation is 1. The van der Waals surface area contributed by atoms with Crippen molar-refractivity contribution in [2.75, 3.05) is 42.3 Å². The van der Waals surface area contributed by atoms with Gasteiger partial charge in [-0.3, -0.25) is 15.0 Å². The van der Waals surface area contributed by atoms with Gasteiger partial charge >= 0.3 is 5.97 Å². The number of carbonyl (C=O) groups excluding carboxylic acids is 2. The van der Waals surface area contributed by atoms with E-state index in [9.17, 15) is 18.0 Å². The van der Waals surface area contributed by atoms with E-state index in [0.717, 1.165) is 29.5 Å². The van der Waals surface area contributed by atoms with Gasteiger partial charge in [0.05, 0.1) is 10.6 Å². The molecule has 0 spiro atoms. The molecule has 222 valence electrons. The number of hydrogen-bond donors (Lipinski definition) is 3. The van der Waals surface area contributed by atoms with E-state index in [1.807, 2.05) is 30.3 Å². The predicted molar refractivity (Wildman–Crippen MR) is 166 cm³/mol. The predicted octanol–water partition coefficient (Wildman–Crippen LogP) is 3.91. The quantitative estimate of drug-likeness (QED) is 0.133. The number of fused-ring (bicyclic) bond motifs is 2. The lowest BCUT2D eigenvalue weighted by atomic mass is 10.0. The summed E-state index contributed by atoms with van der Waals surface area (Å²) in [5.74, 6) is -0.603. The summed E-state index contributed by atoms with van der Waals surface area (Å²) in [5, 5.41) is 12.0. The van der Waals surface area contributed by atoms with Crippen LogP contribution in [0, 0.1) is 5.41 Å². The van der Waals surface area contributed by atoms with Crippen molar-refractivity contribution in [1.82, 2.24) is 0 Å². The molecule has 0 atom stereocenters. The molecule has 4 aromatic carbocycles. The van der Waals surface area contributed by atoms with E-state index >= 15 is 0 Å². The smallest absolute Gasteiger partial charge is 0.325 e. The average Bonchev–Trinajstić information content (AvgIpc) is 3.02. The van der Waals surface area contributed by atoms with E-state index in [0.29, 0.717) is 28.9 Å². The minimum Gasteiger partial charge on any atom is -0.484 e. The number of esters is 1. The fraction of sp³-hybridized carbons (Fsp3) is 0.219. The highest BCUT2D eigenvalue weighted by Gasteiger charge is 2.23. The maximum absolute atomic E-state index is 13.0. The van der Waals surface area contributed by atoms with Crippen LogP contribution in [0.3, 0.4) is 0 Å². The number of rotatable bonds is 11. The van der Waals surface area contributed by atoms with E-state index < -0.39 is 15.8 Å². The highest BCUT2D eigenvalue weighted by Crippen LogP contribution is 2.30. The van der Waals surface area contributed by atoms with Crippen molar-refractivity contribution in [2.45, 2.75) is 17.7 Å². The number of nitrogen functional groups attached to an aromatic ring is 1. The zero-order valence-electron chi connectivity index (χ0n) is 23.4. The number of hydrogen-bond acceptors (Lipinski definition) is 8. The third-order valence-electron chi connectivity index (χ3n) is 7.16. The second-order valence-electron chi connectivity index (χ2n) is 10.1. The lowest BCUT2D eigenvalue weighted by Gasteiger charge is -2.30. The Balaban J connectivity index is 1.12. The summed E-state index contributed by atoms with van der Waals surface area (Å²) < 4.78 is 36.7. The van der Waals surface area contributed by atoms with Crippen LogP contribution in [-0.4, -0.2) is 58.2 Å². The molecule has 0 aliphatic carbocycles. The van der Waals surface area contributed by atoms with Gasteiger partial charge in [-0.2, -0.15) is 0 Å². The Bertz CT molecular complexity index is 1770. The van der Waals surface area contributed by atoms with Crippen molar-refractivity contribution >= 4 is 49.7 Å². The monoisotopic (exact) mass is 600 g/mol. The summed E-state index contributed by atoms with van der Waals surface area (Å²) in [7, 11) is -3.65. The van der Waals surface area contributed by atoms with Crippen LogP contribution in [0.25, 0.3) is 10.8 Å². The van der Waals surface area contributed by atoms with Crippen molar-refractivity contribution in [3.8, 4) is 5.75 Å². The van der Waals surface area contributed by atoms with Crippen LogP contribution in [0.5, 0.6) is 5.75 Å². The molecule has 4 aromatic rings. The summed E-state index contributed by atoms with van der Waals surface area (Å²) in [6.45, 7) is 0.0441. The summed E-state index contributed by atoms with van der Waals surface area (Å²) >= 11 is 0. The Morgan fingerprint density at radius 2 is 1.74 bits per heavy atom. The summed E-state index contributed by atoms with van der Waals surface area (Å²) in [6, 6.07) is 24.5. The van der Waals surface area contributed by atoms with Crippen LogP contribution in [0.1, 0.15) is 17.5 Å². The Morgan fingerprint density at radius 1 is 0.977 bits per heavy atom. The summed E-state index contributed by atoms with van der Waals surface area (Å²) in [6.07, 6.45) is 1.56. The third-order valence-corrected chi connectivity index (χ3v) is 8.89. The molecule has 11 heteroatoms. The lowest BCUT2D eigenvalue weighted by molar-refractivity contribution is -0.140. The van der Waals surface area contributed by atoms with E-state index in [2.05, 4.69) is 5.32 Å². The first-order chi connectivity index (χ1) is 20.7. The van der Waals surface area contributed by atoms with Crippen LogP contribution in [0.15, 0.2) is 89.8 Å². The number of nitrogens with zero attached hydrogens (tertiary/aromatic N) is 1. The molecule has 5 rings (SSSR count). The molecule has 1 aliphatic rings. The number of sulfone groups is 1. The number of anilines is 2. The number of amides is 1. The number of benzene rings is 4. The molecule has 0 saturated carbocycles. The molecule has 0 bridgehead atoms. The molecule has 1 aliphatic heterocycles. The largest absolute Gasteiger partial charge is 0.484 e. The number of carbonyl (C=O) groups is 2. The lowest BCUT2D eigenvalue weighted by Crippen LogP contribution is -2.38. The molecular formula is C32H32N4O6S. The van der Waals surface area contributed by atoms with Gasteiger partial charge < -0.3 is 25.4 Å². The highest BCUT2D eigenvalue weighted by atomic mass is 32.2. The van der Waals surface area contributed by atoms with Crippen molar-refractivity contribution in [3.05, 3.63) is 96.1 Å². The Morgan fingerprint density at radius 3 is 2.53 bits per heavy atom. The minimum atomic E-state index is -3.65. The first-order valence-corrected chi connectivity index (χ1v) is 15.5. The molecular weight excluding hydrogens is 568 g/mol. The van der Waals surface area contributed by atoms with E-state index in [-0.39, 0.29) is 42.1 Å². The Kier molecular flexibility index (Phi) is 8.91. The van der Waals surface area contributed by atoms with Crippen LogP contribution in [-0.2, 0) is 30.6 Å². The topological polar surface area (TPSA) is 152 Å². The van der Waals surface area contributed by atoms with Gasteiger partial charge in [-0.15, -0.1) is 0 Å². The number of nitrogens with two attached hydrogens (primary N) is 1. The van der Waals surface area contributed by atoms with Crippen LogP contribution < -0.4 is 20.7 Å². The molecule has 0 unspecified atom stereocenters. The fourth-order valence-electron chi connectivity index (χ4n) is 4.99. The Labute approximate surface area is 249 Å². The van der Waals surface area contributed by atoms with Gasteiger partial charge in [0.15, 0.2) is 16.4 Å². The van der Waals surface area contributed by atoms with Crippen molar-refractivity contribution in [1.29, 1.82) is 5.41 Å². The maximum atomic E-state index is 13.0. The van der Waals surface area contributed by atoms with Crippen LogP contribution in [0.4, 0.5) is 11.4 Å². The maximum Gasteiger partial charge on any atom is 0.325 e. The SMILES string of the molecule is N=C(N)c1ccc(OCC(=O)N2CCCc3cc(NCC(=O)OCCS(=O)(=O)c4cccc5ccccc45)ccc32)cc1. The summed E-state index contributed by atoms with van der Waals surface area (Å²) in [4.78, 5) is 27.2. The van der Waals surface area contributed by atoms with Crippen LogP contribution >= 0.6 is 0 Å². The summed E-state index contributed by atoms with van der Waals surface area (Å²) in [5.41, 5.74) is 8.49. The van der Waals surface area contributed by atoms with Crippen molar-refractivity contribution in [3.63, 3.8) is 0 Å². The van der Waals surface area contributed by atoms with Gasteiger partial charge in [-0.05, 0) is 72.3 Å². The van der Waals surface area contributed by atoms with E-state index in [4.69, 9.17) is 20.6 Å². The number of ether oxygens (including phenoxy) is 2. The molecule has 0 saturated heterocycles. The second-order valence-corrected chi connectivity index (χ2v) is 12.2. The average molecular weight is 601 g/mol. The second kappa shape index (κ2) is 13.0. The molecule has 43 heavy (non-hydrogen) atoms. The molecule has 0 fully saturated rings. The molecule has 0 radical (unpaired) electrons. The van der Waals surface area contributed by atoms with Gasteiger partial charge in [0.1, 0.15) is 24.7 Å². The molecule has 1 heterocycles. The third kappa shape index (κ3) is 7.12. The number of nitrogens with one attached hydrogen (secondary N) is 2. The van der Waals surface area contributed by atoms with Crippen LogP contribution in [0.2, 0.25) is 0 Å². The normalized spacial score (nSPS) is 12.8. The molecule has 10 nitrogen and oxygen atoms in total. The first kappa shape index (κ1) is 29.6. The van der Waals surface area contributed by atoms with Gasteiger partial charge in [0, 0.05) is 28.9 Å². The van der Waals surface area contributed by atoms with E-state index in [1.165, 1.54) is 0 Å². The standard InChI is InChI=1S/C32H32N4O6S/c33-32(34)23-10-13-26(14-11-23)42-21-30(37)36-16-4-7-24-19-25(12-15-28(24)36)35-20-31(38)41-17-18-43(39,40)29-9-3-6-22-5-1-2-8-27(22)29/h1-3,5-6,8-15,19,35H,4,7,16-18,20-21H2,(H3,33,34). The van der Waals surface area contributed by atoms with E-state index in [1.54, 1.807) is 59.5 Å². The minimum absolute atomic E-state index is 0.0403. The van der Waals surface area contributed by atoms with Gasteiger partial charge in [-0.1, -0.05) is 36.4 Å².